The van der Waals surface area contributed by atoms with Crippen LogP contribution in [0.4, 0.5) is 0 Å². The van der Waals surface area contributed by atoms with Crippen LogP contribution in [0.2, 0.25) is 0 Å². The molecule has 0 atom stereocenters. The van der Waals surface area contributed by atoms with Gasteiger partial charge < -0.3 is 0 Å². The molecule has 6 heteroatoms. The predicted octanol–water partition coefficient (Wildman–Crippen LogP) is 3.83. The Kier molecular flexibility index (Phi) is 7.77. The molecule has 0 fully saturated rings. The van der Waals surface area contributed by atoms with Crippen LogP contribution in [0.1, 0.15) is 0 Å². The molecule has 0 saturated heterocycles. The summed E-state index contributed by atoms with van der Waals surface area (Å²) >= 11 is -3.51. The van der Waals surface area contributed by atoms with Crippen molar-refractivity contribution in [3.05, 3.63) is 131 Å². The molecule has 0 heterocycles. The number of nitrogens with two attached hydrogens (primary N) is 3. The van der Waals surface area contributed by atoms with Gasteiger partial charge >= 0.3 is 197 Å². The zero-order chi connectivity index (χ0) is 22.4. The van der Waals surface area contributed by atoms with Crippen LogP contribution in [-0.4, -0.2) is 0 Å². The van der Waals surface area contributed by atoms with Crippen molar-refractivity contribution in [3.8, 4) is 0 Å². The van der Waals surface area contributed by atoms with E-state index in [-0.39, 0.29) is 0 Å². The predicted molar refractivity (Wildman–Crippen MR) is 139 cm³/mol. The van der Waals surface area contributed by atoms with Gasteiger partial charge in [-0.15, -0.1) is 0 Å². The third-order valence-corrected chi connectivity index (χ3v) is 14.4. The maximum absolute atomic E-state index is 6.64. The molecule has 0 unspecified atom stereocenters. The van der Waals surface area contributed by atoms with Gasteiger partial charge in [0.15, 0.2) is 0 Å². The van der Waals surface area contributed by atoms with E-state index in [0.717, 1.165) is 3.91 Å². The van der Waals surface area contributed by atoms with Crippen LogP contribution in [0.5, 0.6) is 0 Å². The van der Waals surface area contributed by atoms with E-state index in [0.29, 0.717) is 0 Å². The molecular weight excluding hydrogens is 517 g/mol. The van der Waals surface area contributed by atoms with Crippen molar-refractivity contribution in [3.63, 3.8) is 0 Å². The first-order valence-corrected chi connectivity index (χ1v) is 16.7. The molecule has 0 aliphatic carbocycles. The molecule has 0 aliphatic heterocycles. The first-order valence-electron chi connectivity index (χ1n) is 10.1. The van der Waals surface area contributed by atoms with E-state index >= 15 is 0 Å². The van der Waals surface area contributed by atoms with Gasteiger partial charge in [0.05, 0.1) is 0 Å². The second-order valence-corrected chi connectivity index (χ2v) is 16.2. The van der Waals surface area contributed by atoms with Crippen molar-refractivity contribution in [1.82, 2.24) is 0 Å². The number of rotatable bonds is 7. The van der Waals surface area contributed by atoms with Crippen LogP contribution < -0.4 is 34.6 Å². The van der Waals surface area contributed by atoms with E-state index < -0.39 is 31.3 Å². The fourth-order valence-corrected chi connectivity index (χ4v) is 13.4. The summed E-state index contributed by atoms with van der Waals surface area (Å²) in [5, 5.41) is 4.93. The summed E-state index contributed by atoms with van der Waals surface area (Å²) in [5.41, 5.74) is 0. The van der Waals surface area contributed by atoms with Gasteiger partial charge in [-0.1, -0.05) is 0 Å². The molecule has 0 saturated carbocycles. The van der Waals surface area contributed by atoms with Crippen LogP contribution in [0.25, 0.3) is 0 Å². The molecule has 32 heavy (non-hydrogen) atoms. The summed E-state index contributed by atoms with van der Waals surface area (Å²) in [5.74, 6) is 2.32. The molecule has 4 rings (SSSR count). The van der Waals surface area contributed by atoms with Crippen molar-refractivity contribution in [2.75, 3.05) is 0 Å². The molecule has 164 valence electrons. The van der Waals surface area contributed by atoms with E-state index in [1.807, 2.05) is 24.3 Å². The van der Waals surface area contributed by atoms with Crippen molar-refractivity contribution < 1.29 is 15.5 Å². The van der Waals surface area contributed by atoms with E-state index in [4.69, 9.17) is 13.4 Å². The molecule has 4 aromatic rings. The van der Waals surface area contributed by atoms with Crippen LogP contribution >= 0.6 is 15.8 Å². The minimum atomic E-state index is -3.51. The Morgan fingerprint density at radius 2 is 0.812 bits per heavy atom. The molecule has 0 radical (unpaired) electrons. The molecule has 0 spiro atoms. The standard InChI is InChI=1S/C26H21P2.3H2N.Ru/c1-5-13-23(14-6-1)27(24-15-7-2-8-16-24)21-22-28(25-17-9-3-10-18-25)26-19-11-4-12-20-26;;;;/h1-21H;3*1H2;/q;3*-1;+3. The Morgan fingerprint density at radius 3 is 1.12 bits per heavy atom. The number of benzene rings is 4. The Balaban J connectivity index is 1.94. The van der Waals surface area contributed by atoms with Crippen LogP contribution in [0, 0.1) is 0 Å². The second-order valence-electron chi connectivity index (χ2n) is 7.15. The van der Waals surface area contributed by atoms with E-state index in [1.54, 1.807) is 0 Å². The van der Waals surface area contributed by atoms with Gasteiger partial charge in [0, 0.05) is 0 Å². The average molecular weight is 545 g/mol. The van der Waals surface area contributed by atoms with Crippen LogP contribution in [-0.2, 0) is 15.5 Å². The summed E-state index contributed by atoms with van der Waals surface area (Å²) in [6.45, 7) is 0. The van der Waals surface area contributed by atoms with Gasteiger partial charge in [-0.3, -0.25) is 0 Å². The summed E-state index contributed by atoms with van der Waals surface area (Å²) in [6, 6.07) is 42.1. The van der Waals surface area contributed by atoms with Gasteiger partial charge in [0.2, 0.25) is 0 Å². The minimum absolute atomic E-state index is 0.811. The maximum atomic E-state index is 6.64. The van der Waals surface area contributed by atoms with Crippen molar-refractivity contribution in [2.24, 2.45) is 13.4 Å². The monoisotopic (exact) mass is 545 g/mol. The Morgan fingerprint density at radius 1 is 0.500 bits per heavy atom. The van der Waals surface area contributed by atoms with Gasteiger partial charge in [0.1, 0.15) is 0 Å². The molecule has 0 aromatic heterocycles. The number of hydrogen-bond donors (Lipinski definition) is 3. The Bertz CT molecular complexity index is 1070. The van der Waals surface area contributed by atoms with E-state index in [2.05, 4.69) is 103 Å². The van der Waals surface area contributed by atoms with Gasteiger partial charge in [0.25, 0.3) is 0 Å². The normalized spacial score (nSPS) is 12.8. The first-order chi connectivity index (χ1) is 15.5. The summed E-state index contributed by atoms with van der Waals surface area (Å²) in [7, 11) is -1.75. The van der Waals surface area contributed by atoms with Crippen LogP contribution in [0.3, 0.4) is 0 Å². The summed E-state index contributed by atoms with van der Waals surface area (Å²) in [6.07, 6.45) is 0. The quantitative estimate of drug-likeness (QED) is 0.245. The average Bonchev–Trinajstić information content (AvgIpc) is 2.83. The van der Waals surface area contributed by atoms with E-state index in [1.165, 1.54) is 21.2 Å². The zero-order valence-electron chi connectivity index (χ0n) is 17.6. The van der Waals surface area contributed by atoms with Crippen molar-refractivity contribution in [2.45, 2.75) is 0 Å². The summed E-state index contributed by atoms with van der Waals surface area (Å²) < 4.78 is 21.0. The molecule has 6 N–H and O–H groups in total. The third kappa shape index (κ3) is 5.66. The second kappa shape index (κ2) is 10.7. The Labute approximate surface area is 196 Å². The molecule has 3 nitrogen and oxygen atoms in total. The topological polar surface area (TPSA) is 78.1 Å². The molecule has 0 bridgehead atoms. The van der Waals surface area contributed by atoms with Gasteiger partial charge in [-0.25, -0.2) is 0 Å². The molecule has 4 aromatic carbocycles. The Hall–Kier alpha value is -2.02. The fraction of sp³-hybridized carbons (Fsp3) is 0. The van der Waals surface area contributed by atoms with Crippen molar-refractivity contribution in [1.29, 1.82) is 0 Å². The third-order valence-electron chi connectivity index (χ3n) is 4.85. The SMILES string of the molecule is [NH2][Ru]([NH2])([NH2])[C](=CP(c1ccccc1)c1ccccc1)P(c1ccccc1)c1ccccc1. The molecule has 0 amide bonds. The van der Waals surface area contributed by atoms with Gasteiger partial charge in [-0.05, 0) is 0 Å². The summed E-state index contributed by atoms with van der Waals surface area (Å²) in [4.78, 5) is 0. The van der Waals surface area contributed by atoms with Crippen LogP contribution in [0.15, 0.2) is 131 Å². The fourth-order valence-electron chi connectivity index (χ4n) is 3.40. The van der Waals surface area contributed by atoms with E-state index in [9.17, 15) is 0 Å². The van der Waals surface area contributed by atoms with Crippen molar-refractivity contribution >= 4 is 37.1 Å². The molecular formula is C26H27N3P2Ru. The molecule has 0 aliphatic rings. The first kappa shape index (κ1) is 23.2. The number of hydrogen-bond acceptors (Lipinski definition) is 3. The van der Waals surface area contributed by atoms with Gasteiger partial charge in [-0.2, -0.15) is 0 Å². The zero-order valence-corrected chi connectivity index (χ0v) is 21.1.